The van der Waals surface area contributed by atoms with Gasteiger partial charge < -0.3 is 15.0 Å². The van der Waals surface area contributed by atoms with Crippen molar-refractivity contribution in [1.29, 1.82) is 0 Å². The average Bonchev–Trinajstić information content (AvgIpc) is 2.65. The van der Waals surface area contributed by atoms with Crippen LogP contribution in [-0.2, 0) is 9.53 Å². The van der Waals surface area contributed by atoms with Gasteiger partial charge in [-0.25, -0.2) is 0 Å². The van der Waals surface area contributed by atoms with E-state index in [0.717, 1.165) is 45.0 Å². The van der Waals surface area contributed by atoms with E-state index in [0.29, 0.717) is 12.5 Å². The van der Waals surface area contributed by atoms with Gasteiger partial charge in [-0.1, -0.05) is 36.8 Å². The van der Waals surface area contributed by atoms with E-state index in [2.05, 4.69) is 55.3 Å². The Kier molecular flexibility index (Phi) is 7.95. The number of esters is 1. The predicted octanol–water partition coefficient (Wildman–Crippen LogP) is 3.34. The number of nitrogens with one attached hydrogen (secondary N) is 1. The van der Waals surface area contributed by atoms with E-state index in [9.17, 15) is 4.79 Å². The van der Waals surface area contributed by atoms with Crippen LogP contribution in [0.25, 0.3) is 0 Å². The normalized spacial score (nSPS) is 17.1. The van der Waals surface area contributed by atoms with Crippen molar-refractivity contribution >= 4 is 11.9 Å². The minimum absolute atomic E-state index is 0.0281. The van der Waals surface area contributed by atoms with Crippen LogP contribution in [0.3, 0.4) is 0 Å². The number of carbonyl (C=O) groups excluding carboxylic acids is 1. The summed E-state index contributed by atoms with van der Waals surface area (Å²) in [5, 5.41) is 3.40. The number of guanidine groups is 1. The second kappa shape index (κ2) is 10.2. The van der Waals surface area contributed by atoms with Crippen molar-refractivity contribution in [3.8, 4) is 0 Å². The van der Waals surface area contributed by atoms with Crippen molar-refractivity contribution in [2.45, 2.75) is 46.5 Å². The Morgan fingerprint density at radius 3 is 2.69 bits per heavy atom. The van der Waals surface area contributed by atoms with E-state index < -0.39 is 0 Å². The monoisotopic (exact) mass is 359 g/mol. The van der Waals surface area contributed by atoms with Crippen molar-refractivity contribution < 1.29 is 9.53 Å². The molecule has 0 bridgehead atoms. The van der Waals surface area contributed by atoms with Crippen molar-refractivity contribution in [3.05, 3.63) is 35.4 Å². The first-order chi connectivity index (χ1) is 12.5. The summed E-state index contributed by atoms with van der Waals surface area (Å²) in [6, 6.07) is 8.64. The zero-order chi connectivity index (χ0) is 18.9. The smallest absolute Gasteiger partial charge is 0.309 e. The van der Waals surface area contributed by atoms with E-state index >= 15 is 0 Å². The largest absolute Gasteiger partial charge is 0.466 e. The maximum atomic E-state index is 11.9. The summed E-state index contributed by atoms with van der Waals surface area (Å²) in [6.45, 7) is 12.0. The van der Waals surface area contributed by atoms with E-state index in [1.165, 1.54) is 11.1 Å². The number of aryl methyl sites for hydroxylation is 1. The van der Waals surface area contributed by atoms with E-state index in [1.807, 2.05) is 6.92 Å². The van der Waals surface area contributed by atoms with Crippen LogP contribution in [0, 0.1) is 12.8 Å². The summed E-state index contributed by atoms with van der Waals surface area (Å²) >= 11 is 0. The van der Waals surface area contributed by atoms with E-state index in [1.54, 1.807) is 0 Å². The van der Waals surface area contributed by atoms with Gasteiger partial charge >= 0.3 is 5.97 Å². The molecule has 0 amide bonds. The quantitative estimate of drug-likeness (QED) is 0.481. The molecule has 1 unspecified atom stereocenters. The van der Waals surface area contributed by atoms with Crippen LogP contribution >= 0.6 is 0 Å². The number of benzene rings is 1. The highest BCUT2D eigenvalue weighted by Gasteiger charge is 2.27. The van der Waals surface area contributed by atoms with Crippen LogP contribution in [0.1, 0.15) is 50.7 Å². The fourth-order valence-electron chi connectivity index (χ4n) is 3.32. The van der Waals surface area contributed by atoms with Gasteiger partial charge in [0.25, 0.3) is 0 Å². The molecule has 1 aliphatic heterocycles. The molecule has 0 spiro atoms. The van der Waals surface area contributed by atoms with Crippen LogP contribution in [0.2, 0.25) is 0 Å². The first-order valence-electron chi connectivity index (χ1n) is 9.81. The van der Waals surface area contributed by atoms with Gasteiger partial charge in [0.2, 0.25) is 0 Å². The number of ether oxygens (including phenoxy) is 1. The Balaban J connectivity index is 1.95. The Labute approximate surface area is 157 Å². The van der Waals surface area contributed by atoms with Crippen LogP contribution in [0.5, 0.6) is 0 Å². The zero-order valence-corrected chi connectivity index (χ0v) is 16.6. The predicted molar refractivity (Wildman–Crippen MR) is 107 cm³/mol. The molecule has 0 aromatic heterocycles. The topological polar surface area (TPSA) is 53.9 Å². The highest BCUT2D eigenvalue weighted by Crippen LogP contribution is 2.20. The molecule has 1 aliphatic rings. The fourth-order valence-corrected chi connectivity index (χ4v) is 3.32. The molecule has 144 valence electrons. The lowest BCUT2D eigenvalue weighted by atomic mass is 9.97. The molecule has 1 saturated heterocycles. The molecule has 2 rings (SSSR count). The number of rotatable bonds is 6. The molecule has 1 aromatic carbocycles. The molecule has 1 N–H and O–H groups in total. The van der Waals surface area contributed by atoms with Crippen LogP contribution in [-0.4, -0.2) is 49.6 Å². The second-order valence-corrected chi connectivity index (χ2v) is 7.02. The molecule has 1 atom stereocenters. The second-order valence-electron chi connectivity index (χ2n) is 7.02. The molecular weight excluding hydrogens is 326 g/mol. The number of nitrogens with zero attached hydrogens (tertiary/aromatic N) is 2. The number of piperidine rings is 1. The third kappa shape index (κ3) is 5.75. The van der Waals surface area contributed by atoms with Gasteiger partial charge in [0.1, 0.15) is 0 Å². The van der Waals surface area contributed by atoms with Crippen molar-refractivity contribution in [2.24, 2.45) is 10.9 Å². The summed E-state index contributed by atoms with van der Waals surface area (Å²) in [5.74, 6) is 1.30. The van der Waals surface area contributed by atoms with Gasteiger partial charge in [-0.15, -0.1) is 0 Å². The molecular formula is C21H33N3O2. The molecule has 1 aromatic rings. The van der Waals surface area contributed by atoms with E-state index in [4.69, 9.17) is 9.73 Å². The summed E-state index contributed by atoms with van der Waals surface area (Å²) < 4.78 is 5.16. The van der Waals surface area contributed by atoms with Gasteiger partial charge in [-0.05, 0) is 39.2 Å². The number of hydrogen-bond donors (Lipinski definition) is 1. The molecule has 0 radical (unpaired) electrons. The molecule has 5 nitrogen and oxygen atoms in total. The van der Waals surface area contributed by atoms with Crippen molar-refractivity contribution in [1.82, 2.24) is 10.2 Å². The van der Waals surface area contributed by atoms with Gasteiger partial charge in [0.15, 0.2) is 5.96 Å². The maximum Gasteiger partial charge on any atom is 0.309 e. The van der Waals surface area contributed by atoms with E-state index in [-0.39, 0.29) is 11.9 Å². The number of hydrogen-bond acceptors (Lipinski definition) is 3. The third-order valence-electron chi connectivity index (χ3n) is 4.88. The van der Waals surface area contributed by atoms with Gasteiger partial charge in [-0.2, -0.15) is 0 Å². The molecule has 1 fully saturated rings. The molecule has 5 heteroatoms. The Morgan fingerprint density at radius 2 is 2.08 bits per heavy atom. The van der Waals surface area contributed by atoms with Gasteiger partial charge in [0.05, 0.1) is 12.5 Å². The highest BCUT2D eigenvalue weighted by atomic mass is 16.5. The summed E-state index contributed by atoms with van der Waals surface area (Å²) in [5.41, 5.74) is 2.61. The SMILES string of the molecule is CCNC(=NCC(C)c1cccc(C)c1)N1CCC(C(=O)OCC)CC1. The summed E-state index contributed by atoms with van der Waals surface area (Å²) in [4.78, 5) is 19.0. The van der Waals surface area contributed by atoms with Crippen LogP contribution in [0.4, 0.5) is 0 Å². The minimum atomic E-state index is -0.0536. The first kappa shape index (κ1) is 20.3. The lowest BCUT2D eigenvalue weighted by Gasteiger charge is -2.33. The number of carbonyl (C=O) groups is 1. The van der Waals surface area contributed by atoms with Crippen LogP contribution in [0.15, 0.2) is 29.3 Å². The first-order valence-corrected chi connectivity index (χ1v) is 9.81. The Bertz CT molecular complexity index is 607. The summed E-state index contributed by atoms with van der Waals surface area (Å²) in [6.07, 6.45) is 1.66. The van der Waals surface area contributed by atoms with Gasteiger partial charge in [0, 0.05) is 32.1 Å². The maximum absolute atomic E-state index is 11.9. The Morgan fingerprint density at radius 1 is 1.35 bits per heavy atom. The van der Waals surface area contributed by atoms with Crippen LogP contribution < -0.4 is 5.32 Å². The molecule has 26 heavy (non-hydrogen) atoms. The highest BCUT2D eigenvalue weighted by molar-refractivity contribution is 5.80. The molecule has 0 aliphatic carbocycles. The molecule has 1 heterocycles. The third-order valence-corrected chi connectivity index (χ3v) is 4.88. The lowest BCUT2D eigenvalue weighted by molar-refractivity contribution is -0.149. The summed E-state index contributed by atoms with van der Waals surface area (Å²) in [7, 11) is 0. The number of likely N-dealkylation sites (tertiary alicyclic amines) is 1. The zero-order valence-electron chi connectivity index (χ0n) is 16.6. The Hall–Kier alpha value is -2.04. The molecule has 0 saturated carbocycles. The van der Waals surface area contributed by atoms with Gasteiger partial charge in [-0.3, -0.25) is 9.79 Å². The minimum Gasteiger partial charge on any atom is -0.466 e. The average molecular weight is 360 g/mol. The number of aliphatic imine (C=N–C) groups is 1. The van der Waals surface area contributed by atoms with Crippen molar-refractivity contribution in [2.75, 3.05) is 32.8 Å². The fraction of sp³-hybridized carbons (Fsp3) is 0.619. The standard InChI is InChI=1S/C21H33N3O2/c1-5-22-21(23-15-17(4)19-9-7-8-16(3)14-19)24-12-10-18(11-13-24)20(25)26-6-2/h7-9,14,17-18H,5-6,10-13,15H2,1-4H3,(H,22,23). The van der Waals surface area contributed by atoms with Crippen molar-refractivity contribution in [3.63, 3.8) is 0 Å². The lowest BCUT2D eigenvalue weighted by Crippen LogP contribution is -2.46.